The summed E-state index contributed by atoms with van der Waals surface area (Å²) in [6.07, 6.45) is 0. The number of para-hydroxylation sites is 2. The number of nitrogens with zero attached hydrogens (tertiary/aromatic N) is 2. The van der Waals surface area contributed by atoms with Crippen LogP contribution in [-0.4, -0.2) is 15.7 Å². The summed E-state index contributed by atoms with van der Waals surface area (Å²) in [5.41, 5.74) is 2.25. The molecule has 3 aromatic carbocycles. The zero-order valence-electron chi connectivity index (χ0n) is 15.4. The topological polar surface area (TPSA) is 56.1 Å². The fourth-order valence-corrected chi connectivity index (χ4v) is 2.84. The van der Waals surface area contributed by atoms with Crippen LogP contribution in [0.2, 0.25) is 0 Å². The molecule has 0 aliphatic heterocycles. The standard InChI is InChI=1S/C23H19N3O2/c1-17-16-22(26(25-17)19-8-4-2-5-9-19)24-23(27)18-12-14-21(15-13-18)28-20-10-6-3-7-11-20/h2-16H,1H3,(H,24,27). The van der Waals surface area contributed by atoms with Gasteiger partial charge in [0.05, 0.1) is 11.4 Å². The third-order valence-corrected chi connectivity index (χ3v) is 4.17. The maximum absolute atomic E-state index is 12.7. The van der Waals surface area contributed by atoms with Crippen molar-refractivity contribution in [2.45, 2.75) is 6.92 Å². The maximum atomic E-state index is 12.7. The van der Waals surface area contributed by atoms with Gasteiger partial charge in [0.25, 0.3) is 5.91 Å². The van der Waals surface area contributed by atoms with E-state index in [1.807, 2.05) is 73.7 Å². The maximum Gasteiger partial charge on any atom is 0.256 e. The first-order valence-corrected chi connectivity index (χ1v) is 8.95. The molecule has 0 atom stereocenters. The molecule has 0 radical (unpaired) electrons. The lowest BCUT2D eigenvalue weighted by Gasteiger charge is -2.10. The van der Waals surface area contributed by atoms with E-state index >= 15 is 0 Å². The van der Waals surface area contributed by atoms with Gasteiger partial charge in [-0.15, -0.1) is 0 Å². The lowest BCUT2D eigenvalue weighted by molar-refractivity contribution is 0.102. The smallest absolute Gasteiger partial charge is 0.256 e. The van der Waals surface area contributed by atoms with Crippen LogP contribution in [0.15, 0.2) is 91.0 Å². The van der Waals surface area contributed by atoms with Crippen molar-refractivity contribution in [1.82, 2.24) is 9.78 Å². The van der Waals surface area contributed by atoms with Gasteiger partial charge >= 0.3 is 0 Å². The molecule has 5 nitrogen and oxygen atoms in total. The van der Waals surface area contributed by atoms with E-state index in [4.69, 9.17) is 4.74 Å². The van der Waals surface area contributed by atoms with Gasteiger partial charge in [-0.05, 0) is 55.5 Å². The third kappa shape index (κ3) is 3.94. The molecule has 1 heterocycles. The molecule has 5 heteroatoms. The summed E-state index contributed by atoms with van der Waals surface area (Å²) in [6.45, 7) is 1.89. The van der Waals surface area contributed by atoms with Crippen LogP contribution in [0.4, 0.5) is 5.82 Å². The Hall–Kier alpha value is -3.86. The number of benzene rings is 3. The molecule has 1 amide bonds. The number of ether oxygens (including phenoxy) is 1. The minimum absolute atomic E-state index is 0.205. The van der Waals surface area contributed by atoms with Crippen LogP contribution < -0.4 is 10.1 Å². The molecule has 1 aromatic heterocycles. The highest BCUT2D eigenvalue weighted by molar-refractivity contribution is 6.04. The number of aromatic nitrogens is 2. The van der Waals surface area contributed by atoms with E-state index in [0.717, 1.165) is 17.1 Å². The van der Waals surface area contributed by atoms with Crippen LogP contribution in [0.5, 0.6) is 11.5 Å². The normalized spacial score (nSPS) is 10.5. The van der Waals surface area contributed by atoms with Crippen molar-refractivity contribution in [3.63, 3.8) is 0 Å². The fraction of sp³-hybridized carbons (Fsp3) is 0.0435. The van der Waals surface area contributed by atoms with E-state index < -0.39 is 0 Å². The van der Waals surface area contributed by atoms with Crippen molar-refractivity contribution in [3.05, 3.63) is 102 Å². The highest BCUT2D eigenvalue weighted by Gasteiger charge is 2.12. The highest BCUT2D eigenvalue weighted by Crippen LogP contribution is 2.22. The zero-order valence-corrected chi connectivity index (χ0v) is 15.4. The summed E-state index contributed by atoms with van der Waals surface area (Å²) >= 11 is 0. The van der Waals surface area contributed by atoms with Gasteiger partial charge in [-0.3, -0.25) is 4.79 Å². The number of anilines is 1. The van der Waals surface area contributed by atoms with E-state index in [1.165, 1.54) is 0 Å². The number of carbonyl (C=O) groups excluding carboxylic acids is 1. The van der Waals surface area contributed by atoms with Crippen LogP contribution in [0.1, 0.15) is 16.1 Å². The zero-order chi connectivity index (χ0) is 19.3. The molecule has 1 N–H and O–H groups in total. The first-order valence-electron chi connectivity index (χ1n) is 8.95. The van der Waals surface area contributed by atoms with E-state index in [1.54, 1.807) is 28.9 Å². The largest absolute Gasteiger partial charge is 0.457 e. The van der Waals surface area contributed by atoms with Gasteiger partial charge in [-0.2, -0.15) is 5.10 Å². The third-order valence-electron chi connectivity index (χ3n) is 4.17. The van der Waals surface area contributed by atoms with Gasteiger partial charge in [0, 0.05) is 11.6 Å². The summed E-state index contributed by atoms with van der Waals surface area (Å²) in [7, 11) is 0. The molecule has 28 heavy (non-hydrogen) atoms. The second-order valence-corrected chi connectivity index (χ2v) is 6.31. The highest BCUT2D eigenvalue weighted by atomic mass is 16.5. The van der Waals surface area contributed by atoms with Crippen LogP contribution in [0.25, 0.3) is 5.69 Å². The minimum atomic E-state index is -0.205. The van der Waals surface area contributed by atoms with Gasteiger partial charge in [0.1, 0.15) is 17.3 Å². The molecule has 0 spiro atoms. The molecule has 0 saturated carbocycles. The van der Waals surface area contributed by atoms with Crippen molar-refractivity contribution >= 4 is 11.7 Å². The molecule has 138 valence electrons. The van der Waals surface area contributed by atoms with Crippen LogP contribution in [0.3, 0.4) is 0 Å². The van der Waals surface area contributed by atoms with E-state index in [-0.39, 0.29) is 5.91 Å². The van der Waals surface area contributed by atoms with Crippen LogP contribution >= 0.6 is 0 Å². The van der Waals surface area contributed by atoms with Crippen molar-refractivity contribution < 1.29 is 9.53 Å². The molecule has 4 aromatic rings. The predicted molar refractivity (Wildman–Crippen MR) is 109 cm³/mol. The van der Waals surface area contributed by atoms with Gasteiger partial charge in [-0.25, -0.2) is 4.68 Å². The number of carbonyl (C=O) groups is 1. The van der Waals surface area contributed by atoms with E-state index in [0.29, 0.717) is 17.1 Å². The van der Waals surface area contributed by atoms with Gasteiger partial charge in [0.15, 0.2) is 0 Å². The Morgan fingerprint density at radius 2 is 1.46 bits per heavy atom. The number of hydrogen-bond donors (Lipinski definition) is 1. The van der Waals surface area contributed by atoms with Gasteiger partial charge < -0.3 is 10.1 Å². The minimum Gasteiger partial charge on any atom is -0.457 e. The van der Waals surface area contributed by atoms with Crippen molar-refractivity contribution in [2.24, 2.45) is 0 Å². The quantitative estimate of drug-likeness (QED) is 0.524. The molecular weight excluding hydrogens is 350 g/mol. The number of nitrogens with one attached hydrogen (secondary N) is 1. The van der Waals surface area contributed by atoms with Gasteiger partial charge in [-0.1, -0.05) is 36.4 Å². The number of aryl methyl sites for hydroxylation is 1. The number of rotatable bonds is 5. The predicted octanol–water partition coefficient (Wildman–Crippen LogP) is 5.23. The second-order valence-electron chi connectivity index (χ2n) is 6.31. The number of hydrogen-bond acceptors (Lipinski definition) is 3. The van der Waals surface area contributed by atoms with Crippen molar-refractivity contribution in [1.29, 1.82) is 0 Å². The molecule has 4 rings (SSSR count). The number of amides is 1. The first kappa shape index (κ1) is 17.5. The van der Waals surface area contributed by atoms with Gasteiger partial charge in [0.2, 0.25) is 0 Å². The molecule has 0 unspecified atom stereocenters. The summed E-state index contributed by atoms with van der Waals surface area (Å²) < 4.78 is 7.49. The molecule has 0 bridgehead atoms. The lowest BCUT2D eigenvalue weighted by Crippen LogP contribution is -2.15. The molecule has 0 saturated heterocycles. The lowest BCUT2D eigenvalue weighted by atomic mass is 10.2. The summed E-state index contributed by atoms with van der Waals surface area (Å²) in [6, 6.07) is 28.1. The summed E-state index contributed by atoms with van der Waals surface area (Å²) in [4.78, 5) is 12.7. The Bertz CT molecular complexity index is 1070. The van der Waals surface area contributed by atoms with Crippen LogP contribution in [0, 0.1) is 6.92 Å². The van der Waals surface area contributed by atoms with E-state index in [9.17, 15) is 4.79 Å². The molecule has 0 aliphatic rings. The Morgan fingerprint density at radius 1 is 0.857 bits per heavy atom. The Balaban J connectivity index is 1.50. The van der Waals surface area contributed by atoms with E-state index in [2.05, 4.69) is 10.4 Å². The molecule has 0 fully saturated rings. The summed E-state index contributed by atoms with van der Waals surface area (Å²) in [5.74, 6) is 1.84. The first-order chi connectivity index (χ1) is 13.7. The molecular formula is C23H19N3O2. The average Bonchev–Trinajstić information content (AvgIpc) is 3.10. The van der Waals surface area contributed by atoms with Crippen molar-refractivity contribution in [3.8, 4) is 17.2 Å². The van der Waals surface area contributed by atoms with Crippen molar-refractivity contribution in [2.75, 3.05) is 5.32 Å². The molecule has 0 aliphatic carbocycles. The Labute approximate surface area is 163 Å². The average molecular weight is 369 g/mol. The Morgan fingerprint density at radius 3 is 2.14 bits per heavy atom. The fourth-order valence-electron chi connectivity index (χ4n) is 2.84. The monoisotopic (exact) mass is 369 g/mol. The Kier molecular flexibility index (Phi) is 4.89. The summed E-state index contributed by atoms with van der Waals surface area (Å²) in [5, 5.41) is 7.41. The van der Waals surface area contributed by atoms with Crippen LogP contribution in [-0.2, 0) is 0 Å². The second kappa shape index (κ2) is 7.80. The SMILES string of the molecule is Cc1cc(NC(=O)c2ccc(Oc3ccccc3)cc2)n(-c2ccccc2)n1.